The Morgan fingerprint density at radius 3 is 2.60 bits per heavy atom. The third kappa shape index (κ3) is 2.91. The fourth-order valence-electron chi connectivity index (χ4n) is 1.37. The first-order valence-electron chi connectivity index (χ1n) is 5.74. The lowest BCUT2D eigenvalue weighted by Crippen LogP contribution is -2.03. The maximum Gasteiger partial charge on any atom is 0.316 e. The van der Waals surface area contributed by atoms with E-state index in [1.54, 1.807) is 0 Å². The van der Waals surface area contributed by atoms with Gasteiger partial charge in [-0.15, -0.1) is 0 Å². The lowest BCUT2D eigenvalue weighted by Gasteiger charge is -2.08. The number of ether oxygens (including phenoxy) is 1. The van der Waals surface area contributed by atoms with Crippen LogP contribution in [0, 0.1) is 5.92 Å². The van der Waals surface area contributed by atoms with Gasteiger partial charge in [-0.3, -0.25) is 0 Å². The predicted molar refractivity (Wildman–Crippen MR) is 59.0 cm³/mol. The van der Waals surface area contributed by atoms with E-state index in [2.05, 4.69) is 23.8 Å². The molecule has 0 amide bonds. The van der Waals surface area contributed by atoms with Crippen molar-refractivity contribution in [1.82, 2.24) is 9.97 Å². The molecule has 1 aliphatic rings. The molecule has 1 aromatic heterocycles. The first-order chi connectivity index (χ1) is 7.29. The van der Waals surface area contributed by atoms with Crippen LogP contribution in [-0.2, 0) is 0 Å². The highest BCUT2D eigenvalue weighted by atomic mass is 16.5. The van der Waals surface area contributed by atoms with Gasteiger partial charge in [-0.2, -0.15) is 0 Å². The van der Waals surface area contributed by atoms with Crippen LogP contribution in [0.5, 0.6) is 6.01 Å². The van der Waals surface area contributed by atoms with Crippen molar-refractivity contribution in [3.05, 3.63) is 18.0 Å². The average molecular weight is 206 g/mol. The fraction of sp³-hybridized carbons (Fsp3) is 0.667. The zero-order valence-electron chi connectivity index (χ0n) is 9.44. The van der Waals surface area contributed by atoms with Gasteiger partial charge in [0.25, 0.3) is 0 Å². The Balaban J connectivity index is 1.90. The van der Waals surface area contributed by atoms with Gasteiger partial charge in [0.2, 0.25) is 0 Å². The SMILES string of the molecule is CCC(C)c1cnc(OCC2CC2)nc1. The molecular formula is C12H18N2O. The summed E-state index contributed by atoms with van der Waals surface area (Å²) in [5.74, 6) is 1.28. The molecule has 1 unspecified atom stereocenters. The van der Waals surface area contributed by atoms with Gasteiger partial charge in [-0.1, -0.05) is 13.8 Å². The minimum Gasteiger partial charge on any atom is -0.463 e. The Morgan fingerprint density at radius 2 is 2.07 bits per heavy atom. The monoisotopic (exact) mass is 206 g/mol. The van der Waals surface area contributed by atoms with Gasteiger partial charge in [0.05, 0.1) is 6.61 Å². The molecule has 3 nitrogen and oxygen atoms in total. The van der Waals surface area contributed by atoms with Crippen molar-refractivity contribution in [1.29, 1.82) is 0 Å². The summed E-state index contributed by atoms with van der Waals surface area (Å²) in [6.45, 7) is 5.13. The van der Waals surface area contributed by atoms with E-state index in [0.717, 1.165) is 18.9 Å². The summed E-state index contributed by atoms with van der Waals surface area (Å²) in [7, 11) is 0. The molecule has 82 valence electrons. The van der Waals surface area contributed by atoms with E-state index in [9.17, 15) is 0 Å². The molecule has 1 atom stereocenters. The molecule has 0 spiro atoms. The molecule has 0 saturated heterocycles. The van der Waals surface area contributed by atoms with Crippen LogP contribution in [0.25, 0.3) is 0 Å². The molecule has 15 heavy (non-hydrogen) atoms. The van der Waals surface area contributed by atoms with Crippen LogP contribution >= 0.6 is 0 Å². The van der Waals surface area contributed by atoms with E-state index in [4.69, 9.17) is 4.74 Å². The first-order valence-corrected chi connectivity index (χ1v) is 5.74. The highest BCUT2D eigenvalue weighted by molar-refractivity contribution is 5.12. The van der Waals surface area contributed by atoms with Crippen LogP contribution in [0.2, 0.25) is 0 Å². The molecule has 1 heterocycles. The Labute approximate surface area is 90.9 Å². The van der Waals surface area contributed by atoms with Crippen LogP contribution in [-0.4, -0.2) is 16.6 Å². The predicted octanol–water partition coefficient (Wildman–Crippen LogP) is 2.78. The average Bonchev–Trinajstić information content (AvgIpc) is 3.10. The third-order valence-corrected chi connectivity index (χ3v) is 2.97. The largest absolute Gasteiger partial charge is 0.463 e. The molecule has 0 aliphatic heterocycles. The summed E-state index contributed by atoms with van der Waals surface area (Å²) in [5, 5.41) is 0. The Hall–Kier alpha value is -1.12. The van der Waals surface area contributed by atoms with Gasteiger partial charge < -0.3 is 4.74 Å². The van der Waals surface area contributed by atoms with Crippen LogP contribution in [0.15, 0.2) is 12.4 Å². The van der Waals surface area contributed by atoms with E-state index in [-0.39, 0.29) is 0 Å². The quantitative estimate of drug-likeness (QED) is 0.743. The molecule has 1 aromatic rings. The summed E-state index contributed by atoms with van der Waals surface area (Å²) in [5.41, 5.74) is 1.19. The molecule has 1 saturated carbocycles. The van der Waals surface area contributed by atoms with Gasteiger partial charge in [0.15, 0.2) is 0 Å². The number of hydrogen-bond donors (Lipinski definition) is 0. The number of rotatable bonds is 5. The zero-order chi connectivity index (χ0) is 10.7. The van der Waals surface area contributed by atoms with Crippen molar-refractivity contribution < 1.29 is 4.74 Å². The highest BCUT2D eigenvalue weighted by Crippen LogP contribution is 2.29. The van der Waals surface area contributed by atoms with Crippen molar-refractivity contribution in [2.45, 2.75) is 39.0 Å². The van der Waals surface area contributed by atoms with Crippen molar-refractivity contribution in [2.75, 3.05) is 6.61 Å². The molecule has 0 aromatic carbocycles. The molecule has 3 heteroatoms. The molecule has 0 bridgehead atoms. The van der Waals surface area contributed by atoms with Gasteiger partial charge in [0, 0.05) is 12.4 Å². The lowest BCUT2D eigenvalue weighted by molar-refractivity contribution is 0.276. The summed E-state index contributed by atoms with van der Waals surface area (Å²) in [4.78, 5) is 8.43. The van der Waals surface area contributed by atoms with Crippen molar-refractivity contribution in [3.63, 3.8) is 0 Å². The molecule has 0 N–H and O–H groups in total. The zero-order valence-corrected chi connectivity index (χ0v) is 9.44. The van der Waals surface area contributed by atoms with Gasteiger partial charge in [-0.25, -0.2) is 9.97 Å². The topological polar surface area (TPSA) is 35.0 Å². The molecular weight excluding hydrogens is 188 g/mol. The summed E-state index contributed by atoms with van der Waals surface area (Å²) < 4.78 is 5.48. The second-order valence-electron chi connectivity index (χ2n) is 4.36. The minimum absolute atomic E-state index is 0.522. The molecule has 1 fully saturated rings. The smallest absolute Gasteiger partial charge is 0.316 e. The maximum atomic E-state index is 5.48. The second-order valence-corrected chi connectivity index (χ2v) is 4.36. The number of aromatic nitrogens is 2. The molecule has 2 rings (SSSR count). The van der Waals surface area contributed by atoms with Crippen molar-refractivity contribution in [2.24, 2.45) is 5.92 Å². The van der Waals surface area contributed by atoms with Crippen LogP contribution in [0.4, 0.5) is 0 Å². The van der Waals surface area contributed by atoms with E-state index in [0.29, 0.717) is 11.9 Å². The minimum atomic E-state index is 0.522. The van der Waals surface area contributed by atoms with E-state index in [1.807, 2.05) is 12.4 Å². The van der Waals surface area contributed by atoms with Gasteiger partial charge >= 0.3 is 6.01 Å². The Bertz CT molecular complexity index is 306. The van der Waals surface area contributed by atoms with Gasteiger partial charge in [-0.05, 0) is 36.7 Å². The third-order valence-electron chi connectivity index (χ3n) is 2.97. The van der Waals surface area contributed by atoms with Crippen LogP contribution in [0.3, 0.4) is 0 Å². The molecule has 0 radical (unpaired) electrons. The second kappa shape index (κ2) is 4.60. The fourth-order valence-corrected chi connectivity index (χ4v) is 1.37. The van der Waals surface area contributed by atoms with Gasteiger partial charge in [0.1, 0.15) is 0 Å². The normalized spacial score (nSPS) is 17.5. The van der Waals surface area contributed by atoms with E-state index < -0.39 is 0 Å². The van der Waals surface area contributed by atoms with Crippen molar-refractivity contribution in [3.8, 4) is 6.01 Å². The Morgan fingerprint density at radius 1 is 1.40 bits per heavy atom. The highest BCUT2D eigenvalue weighted by Gasteiger charge is 2.22. The standard InChI is InChI=1S/C12H18N2O/c1-3-9(2)11-6-13-12(14-7-11)15-8-10-4-5-10/h6-7,9-10H,3-5,8H2,1-2H3. The summed E-state index contributed by atoms with van der Waals surface area (Å²) in [6, 6.07) is 0.522. The Kier molecular flexibility index (Phi) is 3.19. The van der Waals surface area contributed by atoms with E-state index >= 15 is 0 Å². The van der Waals surface area contributed by atoms with E-state index in [1.165, 1.54) is 18.4 Å². The summed E-state index contributed by atoms with van der Waals surface area (Å²) in [6.07, 6.45) is 7.47. The summed E-state index contributed by atoms with van der Waals surface area (Å²) >= 11 is 0. The first kappa shape index (κ1) is 10.4. The number of hydrogen-bond acceptors (Lipinski definition) is 3. The van der Waals surface area contributed by atoms with Crippen LogP contribution < -0.4 is 4.74 Å². The maximum absolute atomic E-state index is 5.48. The molecule has 1 aliphatic carbocycles. The lowest BCUT2D eigenvalue weighted by atomic mass is 10.0. The van der Waals surface area contributed by atoms with Crippen molar-refractivity contribution >= 4 is 0 Å². The van der Waals surface area contributed by atoms with Crippen LogP contribution in [0.1, 0.15) is 44.6 Å². The number of nitrogens with zero attached hydrogens (tertiary/aromatic N) is 2.